The first-order valence-electron chi connectivity index (χ1n) is 7.08. The zero-order valence-corrected chi connectivity index (χ0v) is 13.4. The molecule has 0 aromatic carbocycles. The Morgan fingerprint density at radius 1 is 1.38 bits per heavy atom. The number of amides is 1. The lowest BCUT2D eigenvalue weighted by atomic mass is 9.97. The lowest BCUT2D eigenvalue weighted by Gasteiger charge is -2.29. The monoisotopic (exact) mass is 314 g/mol. The summed E-state index contributed by atoms with van der Waals surface area (Å²) in [7, 11) is -3.16. The Labute approximate surface area is 125 Å². The summed E-state index contributed by atoms with van der Waals surface area (Å²) in [5, 5.41) is 7.06. The van der Waals surface area contributed by atoms with Crippen molar-refractivity contribution in [1.29, 1.82) is 0 Å². The number of aromatic nitrogens is 2. The quantitative estimate of drug-likeness (QED) is 0.901. The van der Waals surface area contributed by atoms with Crippen LogP contribution in [-0.2, 0) is 14.8 Å². The number of hydrogen-bond donors (Lipinski definition) is 1. The van der Waals surface area contributed by atoms with Gasteiger partial charge in [0.25, 0.3) is 0 Å². The molecule has 0 atom stereocenters. The predicted molar refractivity (Wildman–Crippen MR) is 80.4 cm³/mol. The average Bonchev–Trinajstić information content (AvgIpc) is 2.86. The van der Waals surface area contributed by atoms with Gasteiger partial charge < -0.3 is 5.32 Å². The third kappa shape index (κ3) is 3.82. The molecule has 8 heteroatoms. The van der Waals surface area contributed by atoms with Gasteiger partial charge in [-0.25, -0.2) is 17.4 Å². The van der Waals surface area contributed by atoms with Crippen LogP contribution in [0.15, 0.2) is 12.3 Å². The second kappa shape index (κ2) is 6.15. The number of hydrogen-bond acceptors (Lipinski definition) is 4. The van der Waals surface area contributed by atoms with Crippen LogP contribution in [0, 0.1) is 5.92 Å². The summed E-state index contributed by atoms with van der Waals surface area (Å²) < 4.78 is 26.1. The van der Waals surface area contributed by atoms with E-state index in [9.17, 15) is 13.2 Å². The molecule has 2 rings (SSSR count). The predicted octanol–water partition coefficient (Wildman–Crippen LogP) is 1.07. The molecule has 0 saturated carbocycles. The zero-order chi connectivity index (χ0) is 15.6. The largest absolute Gasteiger partial charge is 0.311 e. The van der Waals surface area contributed by atoms with Crippen LogP contribution >= 0.6 is 0 Å². The third-order valence-corrected chi connectivity index (χ3v) is 5.01. The molecule has 118 valence electrons. The molecule has 1 fully saturated rings. The van der Waals surface area contributed by atoms with Crippen molar-refractivity contribution >= 4 is 21.7 Å². The van der Waals surface area contributed by atoms with Gasteiger partial charge in [-0.2, -0.15) is 5.10 Å². The van der Waals surface area contributed by atoms with E-state index in [4.69, 9.17) is 0 Å². The van der Waals surface area contributed by atoms with Crippen molar-refractivity contribution in [1.82, 2.24) is 14.1 Å². The maximum Gasteiger partial charge on any atom is 0.228 e. The van der Waals surface area contributed by atoms with Gasteiger partial charge in [-0.3, -0.25) is 4.79 Å². The second-order valence-corrected chi connectivity index (χ2v) is 7.66. The molecule has 21 heavy (non-hydrogen) atoms. The molecule has 1 aromatic heterocycles. The molecule has 0 bridgehead atoms. The van der Waals surface area contributed by atoms with Crippen LogP contribution in [0.4, 0.5) is 5.82 Å². The number of nitrogens with one attached hydrogen (secondary N) is 1. The van der Waals surface area contributed by atoms with Crippen molar-refractivity contribution in [3.05, 3.63) is 12.3 Å². The summed E-state index contributed by atoms with van der Waals surface area (Å²) in [6.45, 7) is 4.79. The number of nitrogens with zero attached hydrogens (tertiary/aromatic N) is 3. The van der Waals surface area contributed by atoms with Crippen molar-refractivity contribution in [3.63, 3.8) is 0 Å². The van der Waals surface area contributed by atoms with Crippen LogP contribution in [0.3, 0.4) is 0 Å². The van der Waals surface area contributed by atoms with E-state index in [1.165, 1.54) is 10.6 Å². The normalized spacial score (nSPS) is 18.1. The standard InChI is InChI=1S/C13H22N4O3S/c1-10(2)17-12(4-7-14-17)15-13(18)11-5-8-16(9-6-11)21(3,19)20/h4,7,10-11H,5-6,8-9H2,1-3H3,(H,15,18). The Bertz CT molecular complexity index is 601. The van der Waals surface area contributed by atoms with E-state index in [1.54, 1.807) is 16.9 Å². The Kier molecular flexibility index (Phi) is 4.67. The number of sulfonamides is 1. The van der Waals surface area contributed by atoms with Crippen LogP contribution in [0.25, 0.3) is 0 Å². The summed E-state index contributed by atoms with van der Waals surface area (Å²) in [5.41, 5.74) is 0. The van der Waals surface area contributed by atoms with Gasteiger partial charge >= 0.3 is 0 Å². The topological polar surface area (TPSA) is 84.3 Å². The molecule has 0 spiro atoms. The molecule has 0 unspecified atom stereocenters. The fourth-order valence-electron chi connectivity index (χ4n) is 2.50. The minimum absolute atomic E-state index is 0.0643. The number of piperidine rings is 1. The van der Waals surface area contributed by atoms with Gasteiger partial charge in [0.15, 0.2) is 0 Å². The van der Waals surface area contributed by atoms with Gasteiger partial charge in [-0.05, 0) is 26.7 Å². The van der Waals surface area contributed by atoms with Gasteiger partial charge in [-0.1, -0.05) is 0 Å². The first-order valence-corrected chi connectivity index (χ1v) is 8.93. The second-order valence-electron chi connectivity index (χ2n) is 5.68. The molecular formula is C13H22N4O3S. The Balaban J connectivity index is 1.95. The minimum Gasteiger partial charge on any atom is -0.311 e. The smallest absolute Gasteiger partial charge is 0.228 e. The Hall–Kier alpha value is -1.41. The van der Waals surface area contributed by atoms with Crippen molar-refractivity contribution in [2.75, 3.05) is 24.7 Å². The van der Waals surface area contributed by atoms with E-state index in [1.807, 2.05) is 13.8 Å². The van der Waals surface area contributed by atoms with Crippen molar-refractivity contribution in [3.8, 4) is 0 Å². The van der Waals surface area contributed by atoms with Crippen molar-refractivity contribution in [2.24, 2.45) is 5.92 Å². The molecule has 1 aliphatic heterocycles. The minimum atomic E-state index is -3.16. The van der Waals surface area contributed by atoms with E-state index in [2.05, 4.69) is 10.4 Å². The Morgan fingerprint density at radius 3 is 2.52 bits per heavy atom. The summed E-state index contributed by atoms with van der Waals surface area (Å²) in [4.78, 5) is 12.3. The number of carbonyl (C=O) groups excluding carboxylic acids is 1. The van der Waals surface area contributed by atoms with E-state index in [-0.39, 0.29) is 17.9 Å². The van der Waals surface area contributed by atoms with Gasteiger partial charge in [0, 0.05) is 31.1 Å². The fraction of sp³-hybridized carbons (Fsp3) is 0.692. The van der Waals surface area contributed by atoms with E-state index in [0.29, 0.717) is 31.7 Å². The van der Waals surface area contributed by atoms with Crippen LogP contribution in [0.1, 0.15) is 32.7 Å². The average molecular weight is 314 g/mol. The molecule has 2 heterocycles. The van der Waals surface area contributed by atoms with Gasteiger partial charge in [0.05, 0.1) is 12.5 Å². The first-order chi connectivity index (χ1) is 9.79. The van der Waals surface area contributed by atoms with Crippen LogP contribution < -0.4 is 5.32 Å². The van der Waals surface area contributed by atoms with Crippen molar-refractivity contribution < 1.29 is 13.2 Å². The SMILES string of the molecule is CC(C)n1nccc1NC(=O)C1CCN(S(C)(=O)=O)CC1. The first kappa shape index (κ1) is 16.0. The molecular weight excluding hydrogens is 292 g/mol. The lowest BCUT2D eigenvalue weighted by molar-refractivity contribution is -0.121. The molecule has 1 saturated heterocycles. The highest BCUT2D eigenvalue weighted by molar-refractivity contribution is 7.88. The van der Waals surface area contributed by atoms with E-state index >= 15 is 0 Å². The summed E-state index contributed by atoms with van der Waals surface area (Å²) >= 11 is 0. The molecule has 0 radical (unpaired) electrons. The van der Waals surface area contributed by atoms with E-state index < -0.39 is 10.0 Å². The lowest BCUT2D eigenvalue weighted by Crippen LogP contribution is -2.41. The number of rotatable bonds is 4. The molecule has 1 amide bonds. The number of carbonyl (C=O) groups is 1. The summed E-state index contributed by atoms with van der Waals surface area (Å²) in [5.74, 6) is 0.463. The highest BCUT2D eigenvalue weighted by atomic mass is 32.2. The fourth-order valence-corrected chi connectivity index (χ4v) is 3.38. The van der Waals surface area contributed by atoms with Gasteiger partial charge in [-0.15, -0.1) is 0 Å². The summed E-state index contributed by atoms with van der Waals surface area (Å²) in [6.07, 6.45) is 3.96. The molecule has 1 aromatic rings. The van der Waals surface area contributed by atoms with E-state index in [0.717, 1.165) is 0 Å². The molecule has 1 N–H and O–H groups in total. The molecule has 0 aliphatic carbocycles. The van der Waals surface area contributed by atoms with Crippen LogP contribution in [-0.4, -0.2) is 47.8 Å². The van der Waals surface area contributed by atoms with Gasteiger partial charge in [0.1, 0.15) is 5.82 Å². The highest BCUT2D eigenvalue weighted by Gasteiger charge is 2.29. The number of anilines is 1. The zero-order valence-electron chi connectivity index (χ0n) is 12.6. The molecule has 1 aliphatic rings. The maximum absolute atomic E-state index is 12.3. The molecule has 7 nitrogen and oxygen atoms in total. The summed E-state index contributed by atoms with van der Waals surface area (Å²) in [6, 6.07) is 1.94. The van der Waals surface area contributed by atoms with Gasteiger partial charge in [0.2, 0.25) is 15.9 Å². The maximum atomic E-state index is 12.3. The Morgan fingerprint density at radius 2 is 2.00 bits per heavy atom. The van der Waals surface area contributed by atoms with Crippen LogP contribution in [0.2, 0.25) is 0 Å². The van der Waals surface area contributed by atoms with Crippen LogP contribution in [0.5, 0.6) is 0 Å². The highest BCUT2D eigenvalue weighted by Crippen LogP contribution is 2.21. The third-order valence-electron chi connectivity index (χ3n) is 3.70. The van der Waals surface area contributed by atoms with Crippen molar-refractivity contribution in [2.45, 2.75) is 32.7 Å².